The molecule has 0 spiro atoms. The molecule has 1 heterocycles. The van der Waals surface area contributed by atoms with Crippen molar-refractivity contribution in [1.82, 2.24) is 10.3 Å². The van der Waals surface area contributed by atoms with E-state index in [9.17, 15) is 0 Å². The Morgan fingerprint density at radius 3 is 2.78 bits per heavy atom. The van der Waals surface area contributed by atoms with Crippen LogP contribution in [-0.2, 0) is 11.2 Å². The number of ether oxygens (including phenoxy) is 1. The van der Waals surface area contributed by atoms with Crippen molar-refractivity contribution in [3.63, 3.8) is 0 Å². The fraction of sp³-hybridized carbons (Fsp3) is 0.786. The molecule has 1 atom stereocenters. The topological polar surface area (TPSA) is 34.1 Å². The van der Waals surface area contributed by atoms with Gasteiger partial charge < -0.3 is 10.1 Å². The first-order chi connectivity index (χ1) is 8.65. The van der Waals surface area contributed by atoms with Crippen molar-refractivity contribution in [1.29, 1.82) is 0 Å². The smallest absolute Gasteiger partial charge is 0.0797 e. The van der Waals surface area contributed by atoms with Crippen LogP contribution in [-0.4, -0.2) is 30.8 Å². The van der Waals surface area contributed by atoms with Gasteiger partial charge in [-0.15, -0.1) is 11.3 Å². The molecule has 0 fully saturated rings. The predicted molar refractivity (Wildman–Crippen MR) is 78.3 cm³/mol. The highest BCUT2D eigenvalue weighted by Gasteiger charge is 2.13. The largest absolute Gasteiger partial charge is 0.376 e. The third-order valence-corrected chi connectivity index (χ3v) is 4.02. The van der Waals surface area contributed by atoms with E-state index in [0.717, 1.165) is 31.8 Å². The van der Waals surface area contributed by atoms with E-state index in [2.05, 4.69) is 38.0 Å². The molecule has 1 aromatic heterocycles. The van der Waals surface area contributed by atoms with Gasteiger partial charge in [0.05, 0.1) is 23.9 Å². The third kappa shape index (κ3) is 5.46. The monoisotopic (exact) mass is 270 g/mol. The van der Waals surface area contributed by atoms with Crippen molar-refractivity contribution in [2.24, 2.45) is 5.92 Å². The summed E-state index contributed by atoms with van der Waals surface area (Å²) < 4.78 is 5.99. The van der Waals surface area contributed by atoms with Crippen molar-refractivity contribution >= 4 is 11.3 Å². The number of hydrogen-bond acceptors (Lipinski definition) is 4. The average molecular weight is 270 g/mol. The van der Waals surface area contributed by atoms with Crippen molar-refractivity contribution < 1.29 is 4.74 Å². The van der Waals surface area contributed by atoms with Gasteiger partial charge in [-0.2, -0.15) is 0 Å². The van der Waals surface area contributed by atoms with E-state index in [-0.39, 0.29) is 0 Å². The zero-order valence-electron chi connectivity index (χ0n) is 12.0. The molecule has 3 nitrogen and oxygen atoms in total. The summed E-state index contributed by atoms with van der Waals surface area (Å²) in [7, 11) is 0. The Hall–Kier alpha value is -0.450. The van der Waals surface area contributed by atoms with Gasteiger partial charge in [-0.05, 0) is 25.8 Å². The standard InChI is InChI=1S/C14H26N2OS/c1-5-7-15-9-13(11(2)3)17-8-6-14-12(4)16-10-18-14/h10-11,13,15H,5-9H2,1-4H3. The first-order valence-corrected chi connectivity index (χ1v) is 7.74. The van der Waals surface area contributed by atoms with Gasteiger partial charge in [0.25, 0.3) is 0 Å². The highest BCUT2D eigenvalue weighted by molar-refractivity contribution is 7.09. The van der Waals surface area contributed by atoms with Crippen LogP contribution in [0.25, 0.3) is 0 Å². The zero-order valence-corrected chi connectivity index (χ0v) is 12.8. The Balaban J connectivity index is 2.27. The molecular weight excluding hydrogens is 244 g/mol. The second-order valence-electron chi connectivity index (χ2n) is 4.97. The molecule has 0 saturated heterocycles. The van der Waals surface area contributed by atoms with Crippen LogP contribution in [0.2, 0.25) is 0 Å². The molecule has 0 amide bonds. The molecule has 0 aliphatic rings. The maximum Gasteiger partial charge on any atom is 0.0797 e. The molecular formula is C14H26N2OS. The number of aryl methyl sites for hydroxylation is 1. The summed E-state index contributed by atoms with van der Waals surface area (Å²) in [6.45, 7) is 11.5. The van der Waals surface area contributed by atoms with Crippen LogP contribution in [0, 0.1) is 12.8 Å². The molecule has 1 rings (SSSR count). The van der Waals surface area contributed by atoms with Crippen molar-refractivity contribution in [2.45, 2.75) is 46.6 Å². The molecule has 0 bridgehead atoms. The molecule has 18 heavy (non-hydrogen) atoms. The molecule has 4 heteroatoms. The van der Waals surface area contributed by atoms with Crippen molar-refractivity contribution in [2.75, 3.05) is 19.7 Å². The fourth-order valence-electron chi connectivity index (χ4n) is 1.78. The lowest BCUT2D eigenvalue weighted by Crippen LogP contribution is -2.34. The average Bonchev–Trinajstić information content (AvgIpc) is 2.73. The normalized spacial score (nSPS) is 13.2. The lowest BCUT2D eigenvalue weighted by molar-refractivity contribution is 0.0250. The van der Waals surface area contributed by atoms with E-state index in [1.54, 1.807) is 11.3 Å². The van der Waals surface area contributed by atoms with E-state index in [1.165, 1.54) is 11.3 Å². The summed E-state index contributed by atoms with van der Waals surface area (Å²) in [5.41, 5.74) is 3.06. The molecule has 0 saturated carbocycles. The second kappa shape index (κ2) is 8.62. The lowest BCUT2D eigenvalue weighted by atomic mass is 10.1. The number of nitrogens with zero attached hydrogens (tertiary/aromatic N) is 1. The summed E-state index contributed by atoms with van der Waals surface area (Å²) in [6, 6.07) is 0. The molecule has 0 aliphatic heterocycles. The van der Waals surface area contributed by atoms with Gasteiger partial charge >= 0.3 is 0 Å². The Bertz CT molecular complexity index is 325. The van der Waals surface area contributed by atoms with Gasteiger partial charge in [0.2, 0.25) is 0 Å². The number of hydrogen-bond donors (Lipinski definition) is 1. The third-order valence-electron chi connectivity index (χ3n) is 3.02. The van der Waals surface area contributed by atoms with E-state index >= 15 is 0 Å². The first kappa shape index (κ1) is 15.6. The van der Waals surface area contributed by atoms with Crippen LogP contribution in [0.15, 0.2) is 5.51 Å². The quantitative estimate of drug-likeness (QED) is 0.700. The molecule has 0 aliphatic carbocycles. The first-order valence-electron chi connectivity index (χ1n) is 6.86. The molecule has 0 radical (unpaired) electrons. The number of thiazole rings is 1. The van der Waals surface area contributed by atoms with Gasteiger partial charge in [-0.25, -0.2) is 4.98 Å². The maximum atomic E-state index is 5.99. The van der Waals surface area contributed by atoms with Crippen LogP contribution >= 0.6 is 11.3 Å². The minimum Gasteiger partial charge on any atom is -0.376 e. The van der Waals surface area contributed by atoms with Gasteiger partial charge in [0, 0.05) is 17.8 Å². The van der Waals surface area contributed by atoms with E-state index < -0.39 is 0 Å². The summed E-state index contributed by atoms with van der Waals surface area (Å²) in [5.74, 6) is 0.553. The van der Waals surface area contributed by atoms with Gasteiger partial charge in [0.15, 0.2) is 0 Å². The number of rotatable bonds is 9. The van der Waals surface area contributed by atoms with Gasteiger partial charge in [-0.1, -0.05) is 20.8 Å². The maximum absolute atomic E-state index is 5.99. The highest BCUT2D eigenvalue weighted by Crippen LogP contribution is 2.14. The van der Waals surface area contributed by atoms with E-state index in [1.807, 2.05) is 5.51 Å². The highest BCUT2D eigenvalue weighted by atomic mass is 32.1. The van der Waals surface area contributed by atoms with E-state index in [4.69, 9.17) is 4.74 Å². The summed E-state index contributed by atoms with van der Waals surface area (Å²) >= 11 is 1.72. The van der Waals surface area contributed by atoms with Crippen LogP contribution < -0.4 is 5.32 Å². The molecule has 1 N–H and O–H groups in total. The molecule has 104 valence electrons. The van der Waals surface area contributed by atoms with Gasteiger partial charge in [0.1, 0.15) is 0 Å². The SMILES string of the molecule is CCCNCC(OCCc1scnc1C)C(C)C. The van der Waals surface area contributed by atoms with Crippen LogP contribution in [0.5, 0.6) is 0 Å². The molecule has 1 aromatic rings. The minimum atomic E-state index is 0.310. The van der Waals surface area contributed by atoms with Crippen LogP contribution in [0.4, 0.5) is 0 Å². The fourth-order valence-corrected chi connectivity index (χ4v) is 2.54. The Morgan fingerprint density at radius 1 is 1.44 bits per heavy atom. The Morgan fingerprint density at radius 2 is 2.22 bits per heavy atom. The lowest BCUT2D eigenvalue weighted by Gasteiger charge is -2.22. The van der Waals surface area contributed by atoms with Crippen LogP contribution in [0.3, 0.4) is 0 Å². The Labute approximate surface area is 115 Å². The summed E-state index contributed by atoms with van der Waals surface area (Å²) in [6.07, 6.45) is 2.46. The zero-order chi connectivity index (χ0) is 13.4. The van der Waals surface area contributed by atoms with Crippen molar-refractivity contribution in [3.8, 4) is 0 Å². The van der Waals surface area contributed by atoms with Crippen LogP contribution in [0.1, 0.15) is 37.8 Å². The van der Waals surface area contributed by atoms with Gasteiger partial charge in [-0.3, -0.25) is 0 Å². The Kier molecular flexibility index (Phi) is 7.47. The summed E-state index contributed by atoms with van der Waals surface area (Å²) in [4.78, 5) is 5.61. The minimum absolute atomic E-state index is 0.310. The van der Waals surface area contributed by atoms with E-state index in [0.29, 0.717) is 12.0 Å². The molecule has 1 unspecified atom stereocenters. The summed E-state index contributed by atoms with van der Waals surface area (Å²) in [5, 5.41) is 3.44. The number of aromatic nitrogens is 1. The second-order valence-corrected chi connectivity index (χ2v) is 5.91. The predicted octanol–water partition coefficient (Wildman–Crippen LogP) is 3.03. The molecule has 0 aromatic carbocycles. The number of nitrogens with one attached hydrogen (secondary N) is 1. The van der Waals surface area contributed by atoms with Crippen molar-refractivity contribution in [3.05, 3.63) is 16.1 Å².